The first kappa shape index (κ1) is 35.6. The predicted octanol–water partition coefficient (Wildman–Crippen LogP) is 5.10. The van der Waals surface area contributed by atoms with E-state index in [2.05, 4.69) is 73.1 Å². The summed E-state index contributed by atoms with van der Waals surface area (Å²) in [5, 5.41) is 13.4. The normalized spacial score (nSPS) is 18.4. The number of nitrogens with one attached hydrogen (secondary N) is 3. The van der Waals surface area contributed by atoms with Gasteiger partial charge >= 0.3 is 0 Å². The zero-order chi connectivity index (χ0) is 37.3. The molecule has 3 aromatic carbocycles. The zero-order valence-electron chi connectivity index (χ0n) is 31.1. The minimum Gasteiger partial charge on any atom is -0.496 e. The van der Waals surface area contributed by atoms with E-state index in [-0.39, 0.29) is 23.4 Å². The van der Waals surface area contributed by atoms with Gasteiger partial charge in [0.15, 0.2) is 0 Å². The van der Waals surface area contributed by atoms with Crippen molar-refractivity contribution in [1.82, 2.24) is 29.9 Å². The fraction of sp³-hybridized carbons (Fsp3) is 0.381. The van der Waals surface area contributed by atoms with Gasteiger partial charge in [-0.05, 0) is 96.8 Å². The Morgan fingerprint density at radius 3 is 2.33 bits per heavy atom. The van der Waals surface area contributed by atoms with Crippen LogP contribution in [0.25, 0.3) is 22.0 Å². The second kappa shape index (κ2) is 15.1. The zero-order valence-corrected chi connectivity index (χ0v) is 31.1. The highest BCUT2D eigenvalue weighted by Gasteiger charge is 2.27. The number of hydrogen-bond acceptors (Lipinski definition) is 9. The number of aryl methyl sites for hydroxylation is 1. The highest BCUT2D eigenvalue weighted by Crippen LogP contribution is 2.38. The number of aromatic nitrogens is 3. The van der Waals surface area contributed by atoms with Crippen LogP contribution in [-0.2, 0) is 42.7 Å². The number of hydrogen-bond donors (Lipinski definition) is 3. The lowest BCUT2D eigenvalue weighted by Gasteiger charge is -2.33. The van der Waals surface area contributed by atoms with Gasteiger partial charge in [-0.25, -0.2) is 0 Å². The van der Waals surface area contributed by atoms with E-state index in [1.54, 1.807) is 32.0 Å². The molecule has 0 saturated carbocycles. The van der Waals surface area contributed by atoms with Crippen molar-refractivity contribution in [2.24, 2.45) is 7.05 Å². The number of rotatable bonds is 10. The maximum atomic E-state index is 12.6. The van der Waals surface area contributed by atoms with Gasteiger partial charge in [-0.2, -0.15) is 5.10 Å². The number of benzene rings is 3. The lowest BCUT2D eigenvalue weighted by atomic mass is 9.89. The van der Waals surface area contributed by atoms with E-state index < -0.39 is 0 Å². The van der Waals surface area contributed by atoms with Crippen LogP contribution in [0.1, 0.15) is 59.4 Å². The molecule has 3 aliphatic heterocycles. The van der Waals surface area contributed by atoms with E-state index >= 15 is 0 Å². The van der Waals surface area contributed by atoms with Crippen molar-refractivity contribution in [3.63, 3.8) is 0 Å². The molecule has 2 aromatic heterocycles. The van der Waals surface area contributed by atoms with E-state index in [1.807, 2.05) is 18.3 Å². The molecular weight excluding hydrogens is 683 g/mol. The van der Waals surface area contributed by atoms with E-state index in [0.29, 0.717) is 30.8 Å². The SMILES string of the molecule is COc1cc(-c2cn(C)c(=O)c3[nH]ncc23)cc(OC)c1CN1CCc2cc(CN3CCC(c4ccc(NC5CCC(=O)NC5=O)cc4)CC3)ccc2C1. The molecule has 0 bridgehead atoms. The summed E-state index contributed by atoms with van der Waals surface area (Å²) in [5.74, 6) is 1.57. The lowest BCUT2D eigenvalue weighted by Crippen LogP contribution is -2.47. The van der Waals surface area contributed by atoms with Crippen LogP contribution in [0.15, 0.2) is 71.8 Å². The fourth-order valence-corrected chi connectivity index (χ4v) is 8.37. The first-order chi connectivity index (χ1) is 26.3. The molecule has 0 spiro atoms. The summed E-state index contributed by atoms with van der Waals surface area (Å²) in [6, 6.07) is 19.2. The number of imide groups is 1. The summed E-state index contributed by atoms with van der Waals surface area (Å²) in [7, 11) is 5.12. The van der Waals surface area contributed by atoms with Gasteiger partial charge < -0.3 is 19.4 Å². The number of methoxy groups -OCH3 is 2. The molecule has 2 saturated heterocycles. The van der Waals surface area contributed by atoms with Crippen LogP contribution in [0.5, 0.6) is 11.5 Å². The summed E-state index contributed by atoms with van der Waals surface area (Å²) in [5.41, 5.74) is 9.53. The predicted molar refractivity (Wildman–Crippen MR) is 208 cm³/mol. The van der Waals surface area contributed by atoms with E-state index in [9.17, 15) is 14.4 Å². The van der Waals surface area contributed by atoms with Crippen molar-refractivity contribution in [3.05, 3.63) is 105 Å². The van der Waals surface area contributed by atoms with Crippen molar-refractivity contribution >= 4 is 28.4 Å². The van der Waals surface area contributed by atoms with Crippen molar-refractivity contribution in [1.29, 1.82) is 0 Å². The van der Waals surface area contributed by atoms with Gasteiger partial charge in [-0.1, -0.05) is 30.3 Å². The Morgan fingerprint density at radius 1 is 0.852 bits per heavy atom. The van der Waals surface area contributed by atoms with Gasteiger partial charge in [-0.3, -0.25) is 34.6 Å². The Kier molecular flexibility index (Phi) is 9.95. The van der Waals surface area contributed by atoms with E-state index in [4.69, 9.17) is 9.47 Å². The smallest absolute Gasteiger partial charge is 0.276 e. The third-order valence-electron chi connectivity index (χ3n) is 11.4. The molecule has 12 nitrogen and oxygen atoms in total. The standard InChI is InChI=1S/C42H47N7O5/c1-47-24-34(33-21-43-46-40(33)42(47)52)31-19-37(53-2)35(38(20-31)54-3)25-49-17-14-29-18-26(4-5-30(29)23-49)22-48-15-12-28(13-16-48)27-6-8-32(9-7-27)44-36-10-11-39(50)45-41(36)51/h4-9,18-21,24,28,36,44H,10-17,22-23,25H2,1-3H3,(H,43,46)(H,45,50,51). The Morgan fingerprint density at radius 2 is 1.61 bits per heavy atom. The molecular formula is C42H47N7O5. The Balaban J connectivity index is 0.874. The number of piperidine rings is 2. The first-order valence-electron chi connectivity index (χ1n) is 18.8. The van der Waals surface area contributed by atoms with Gasteiger partial charge in [0.25, 0.3) is 5.56 Å². The molecule has 8 rings (SSSR count). The Bertz CT molecular complexity index is 2230. The van der Waals surface area contributed by atoms with Gasteiger partial charge in [0.2, 0.25) is 11.8 Å². The molecule has 280 valence electrons. The molecule has 5 aromatic rings. The second-order valence-electron chi connectivity index (χ2n) is 14.9. The number of carbonyl (C=O) groups excluding carboxylic acids is 2. The third kappa shape index (κ3) is 7.23. The molecule has 0 aliphatic carbocycles. The average molecular weight is 730 g/mol. The molecule has 2 amide bonds. The van der Waals surface area contributed by atoms with Crippen LogP contribution in [-0.4, -0.2) is 76.3 Å². The number of carbonyl (C=O) groups is 2. The summed E-state index contributed by atoms with van der Waals surface area (Å²) in [6.45, 7) is 5.56. The quantitative estimate of drug-likeness (QED) is 0.168. The molecule has 1 atom stereocenters. The largest absolute Gasteiger partial charge is 0.496 e. The molecule has 5 heterocycles. The molecule has 3 N–H and O–H groups in total. The molecule has 54 heavy (non-hydrogen) atoms. The summed E-state index contributed by atoms with van der Waals surface area (Å²) < 4.78 is 13.4. The van der Waals surface area contributed by atoms with Crippen LogP contribution in [0, 0.1) is 0 Å². The monoisotopic (exact) mass is 729 g/mol. The molecule has 3 aliphatic rings. The number of nitrogens with zero attached hydrogens (tertiary/aromatic N) is 4. The molecule has 2 fully saturated rings. The van der Waals surface area contributed by atoms with Crippen LogP contribution in [0.4, 0.5) is 5.69 Å². The maximum absolute atomic E-state index is 12.6. The summed E-state index contributed by atoms with van der Waals surface area (Å²) in [4.78, 5) is 41.2. The number of anilines is 1. The first-order valence-corrected chi connectivity index (χ1v) is 18.8. The highest BCUT2D eigenvalue weighted by molar-refractivity contribution is 6.01. The molecule has 0 radical (unpaired) electrons. The number of H-pyrrole nitrogens is 1. The number of pyridine rings is 1. The number of likely N-dealkylation sites (tertiary alicyclic amines) is 1. The summed E-state index contributed by atoms with van der Waals surface area (Å²) >= 11 is 0. The fourth-order valence-electron chi connectivity index (χ4n) is 8.37. The van der Waals surface area contributed by atoms with Crippen molar-refractivity contribution in [3.8, 4) is 22.6 Å². The van der Waals surface area contributed by atoms with Crippen LogP contribution in [0.2, 0.25) is 0 Å². The maximum Gasteiger partial charge on any atom is 0.276 e. The highest BCUT2D eigenvalue weighted by atomic mass is 16.5. The van der Waals surface area contributed by atoms with Gasteiger partial charge in [0.1, 0.15) is 23.1 Å². The van der Waals surface area contributed by atoms with Gasteiger partial charge in [0.05, 0.1) is 26.0 Å². The minimum atomic E-state index is -0.368. The van der Waals surface area contributed by atoms with Crippen molar-refractivity contribution in [2.45, 2.75) is 63.7 Å². The van der Waals surface area contributed by atoms with Gasteiger partial charge in [-0.15, -0.1) is 0 Å². The number of amides is 2. The Hall–Kier alpha value is -5.46. The van der Waals surface area contributed by atoms with E-state index in [1.165, 1.54) is 22.3 Å². The number of aromatic amines is 1. The van der Waals surface area contributed by atoms with Crippen molar-refractivity contribution in [2.75, 3.05) is 39.2 Å². The Labute approximate surface area is 314 Å². The van der Waals surface area contributed by atoms with Crippen molar-refractivity contribution < 1.29 is 19.1 Å². The molecule has 1 unspecified atom stereocenters. The average Bonchev–Trinajstić information content (AvgIpc) is 3.69. The lowest BCUT2D eigenvalue weighted by molar-refractivity contribution is -0.133. The second-order valence-corrected chi connectivity index (χ2v) is 14.9. The van der Waals surface area contributed by atoms with Gasteiger partial charge in [0, 0.05) is 62.5 Å². The third-order valence-corrected chi connectivity index (χ3v) is 11.4. The number of ether oxygens (including phenoxy) is 2. The number of fused-ring (bicyclic) bond motifs is 2. The van der Waals surface area contributed by atoms with Crippen LogP contribution in [0.3, 0.4) is 0 Å². The molecule has 12 heteroatoms. The van der Waals surface area contributed by atoms with Crippen LogP contribution >= 0.6 is 0 Å². The minimum absolute atomic E-state index is 0.122. The van der Waals surface area contributed by atoms with E-state index in [0.717, 1.165) is 91.2 Å². The summed E-state index contributed by atoms with van der Waals surface area (Å²) in [6.07, 6.45) is 7.63. The topological polar surface area (TPSA) is 134 Å². The van der Waals surface area contributed by atoms with Crippen LogP contribution < -0.4 is 25.7 Å².